The van der Waals surface area contributed by atoms with Crippen molar-refractivity contribution in [2.45, 2.75) is 75.9 Å². The molecule has 12 nitrogen and oxygen atoms in total. The highest BCUT2D eigenvalue weighted by molar-refractivity contribution is 7.93. The van der Waals surface area contributed by atoms with Gasteiger partial charge in [0.2, 0.25) is 17.7 Å². The Morgan fingerprint density at radius 2 is 0.719 bits per heavy atom. The van der Waals surface area contributed by atoms with Gasteiger partial charge in [-0.25, -0.2) is 0 Å². The van der Waals surface area contributed by atoms with Crippen LogP contribution in [0, 0.1) is 16.2 Å². The first kappa shape index (κ1) is 41.4. The number of aliphatic carboxylic acids is 3. The van der Waals surface area contributed by atoms with Crippen LogP contribution in [-0.4, -0.2) is 93.0 Å². The summed E-state index contributed by atoms with van der Waals surface area (Å²) in [6.07, 6.45) is 2.56. The van der Waals surface area contributed by atoms with Gasteiger partial charge in [0.05, 0.1) is 52.1 Å². The van der Waals surface area contributed by atoms with E-state index in [1.54, 1.807) is 56.6 Å². The lowest BCUT2D eigenvalue weighted by Crippen LogP contribution is -2.56. The van der Waals surface area contributed by atoms with E-state index in [1.165, 1.54) is 6.26 Å². The first-order valence-electron chi connectivity index (χ1n) is 18.7. The molecular weight excluding hydrogens is 754 g/mol. The molecule has 0 saturated carbocycles. The fraction of sp³-hybridized carbons (Fsp3) is 0.442. The summed E-state index contributed by atoms with van der Waals surface area (Å²) in [7, 11) is 5.11. The predicted octanol–water partition coefficient (Wildman–Crippen LogP) is 6.57. The Morgan fingerprint density at radius 1 is 0.526 bits per heavy atom. The van der Waals surface area contributed by atoms with Crippen molar-refractivity contribution in [3.63, 3.8) is 0 Å². The molecule has 3 aliphatic carbocycles. The fourth-order valence-corrected chi connectivity index (χ4v) is 10.5. The summed E-state index contributed by atoms with van der Waals surface area (Å²) in [4.78, 5) is 76.2. The number of hydrogen-bond donors (Lipinski definition) is 3. The number of hydrogen-bond acceptors (Lipinski definition) is 7. The third kappa shape index (κ3) is 6.27. The topological polar surface area (TPSA) is 173 Å². The SMILES string of the molecule is CN1C(=O)C2CC(C)(C(=O)O)C1c1ccccc12.CN1C(=O)C2CC(C)(C(=O)O)C1c1ccccc12.CN1C(=O)C2CC(C)(C(=O)O)C1c1ccccc12.CSF. The van der Waals surface area contributed by atoms with E-state index in [0.29, 0.717) is 19.3 Å². The summed E-state index contributed by atoms with van der Waals surface area (Å²) in [5.41, 5.74) is 3.31. The van der Waals surface area contributed by atoms with Gasteiger partial charge in [0.1, 0.15) is 0 Å². The van der Waals surface area contributed by atoms with Crippen molar-refractivity contribution in [3.8, 4) is 0 Å². The van der Waals surface area contributed by atoms with E-state index in [1.807, 2.05) is 72.8 Å². The lowest BCUT2D eigenvalue weighted by Gasteiger charge is -2.52. The van der Waals surface area contributed by atoms with Crippen molar-refractivity contribution in [2.75, 3.05) is 27.4 Å². The van der Waals surface area contributed by atoms with Crippen molar-refractivity contribution < 1.29 is 48.0 Å². The average Bonchev–Trinajstić information content (AvgIpc) is 3.17. The van der Waals surface area contributed by atoms with Crippen molar-refractivity contribution in [2.24, 2.45) is 16.2 Å². The van der Waals surface area contributed by atoms with Gasteiger partial charge in [0, 0.05) is 39.5 Å². The summed E-state index contributed by atoms with van der Waals surface area (Å²) < 4.78 is 10.2. The van der Waals surface area contributed by atoms with E-state index in [2.05, 4.69) is 0 Å². The van der Waals surface area contributed by atoms with E-state index in [9.17, 15) is 48.0 Å². The molecule has 0 aromatic heterocycles. The maximum absolute atomic E-state index is 12.2. The van der Waals surface area contributed by atoms with Crippen LogP contribution in [0.3, 0.4) is 0 Å². The quantitative estimate of drug-likeness (QED) is 0.263. The zero-order chi connectivity index (χ0) is 41.9. The van der Waals surface area contributed by atoms with E-state index in [4.69, 9.17) is 0 Å². The van der Waals surface area contributed by atoms with Gasteiger partial charge in [-0.3, -0.25) is 28.8 Å². The molecule has 3 aromatic carbocycles. The number of carboxylic acid groups (broad SMARTS) is 3. The highest BCUT2D eigenvalue weighted by Crippen LogP contribution is 2.59. The summed E-state index contributed by atoms with van der Waals surface area (Å²) in [5, 5.41) is 28.5. The zero-order valence-corrected chi connectivity index (χ0v) is 33.7. The summed E-state index contributed by atoms with van der Waals surface area (Å²) in [6, 6.07) is 22.0. The van der Waals surface area contributed by atoms with Crippen molar-refractivity contribution in [1.29, 1.82) is 0 Å². The minimum atomic E-state index is -0.887. The number of halogens is 1. The smallest absolute Gasteiger partial charge is 0.311 e. The number of nitrogens with zero attached hydrogens (tertiary/aromatic N) is 3. The summed E-state index contributed by atoms with van der Waals surface area (Å²) in [6.45, 7) is 5.23. The number of carboxylic acids is 3. The van der Waals surface area contributed by atoms with Gasteiger partial charge in [-0.15, -0.1) is 0 Å². The third-order valence-electron chi connectivity index (χ3n) is 13.3. The molecule has 6 bridgehead atoms. The van der Waals surface area contributed by atoms with E-state index < -0.39 is 34.2 Å². The Morgan fingerprint density at radius 3 is 0.912 bits per heavy atom. The van der Waals surface area contributed by atoms with Crippen LogP contribution in [0.15, 0.2) is 72.8 Å². The average molecular weight is 802 g/mol. The van der Waals surface area contributed by atoms with Gasteiger partial charge in [0.15, 0.2) is 0 Å². The minimum absolute atomic E-state index is 0.0393. The molecule has 0 radical (unpaired) electrons. The number of likely N-dealkylation sites (N-methyl/N-ethyl adjacent to an activating group) is 3. The maximum atomic E-state index is 12.2. The summed E-state index contributed by atoms with van der Waals surface area (Å²) in [5.74, 6) is -3.29. The molecule has 9 aliphatic rings. The number of benzene rings is 3. The van der Waals surface area contributed by atoms with Crippen LogP contribution in [-0.2, 0) is 28.8 Å². The molecule has 3 amide bonds. The van der Waals surface area contributed by atoms with Crippen molar-refractivity contribution in [3.05, 3.63) is 106 Å². The normalized spacial score (nSPS) is 32.0. The second kappa shape index (κ2) is 14.9. The van der Waals surface area contributed by atoms with E-state index in [0.717, 1.165) is 33.4 Å². The Labute approximate surface area is 335 Å². The highest BCUT2D eigenvalue weighted by atomic mass is 32.2. The first-order valence-corrected chi connectivity index (χ1v) is 19.9. The van der Waals surface area contributed by atoms with Gasteiger partial charge < -0.3 is 30.0 Å². The van der Waals surface area contributed by atoms with Crippen LogP contribution in [0.25, 0.3) is 0 Å². The first-order chi connectivity index (χ1) is 26.8. The monoisotopic (exact) mass is 801 g/mol. The Bertz CT molecular complexity index is 1930. The number of fused-ring (bicyclic) bond motifs is 6. The van der Waals surface area contributed by atoms with Crippen LogP contribution in [0.4, 0.5) is 3.89 Å². The molecule has 9 atom stereocenters. The number of carbonyl (C=O) groups is 6. The third-order valence-corrected chi connectivity index (χ3v) is 13.3. The highest BCUT2D eigenvalue weighted by Gasteiger charge is 2.60. The van der Waals surface area contributed by atoms with Crippen molar-refractivity contribution >= 4 is 47.8 Å². The number of rotatable bonds is 3. The molecule has 3 N–H and O–H groups in total. The van der Waals surface area contributed by atoms with Gasteiger partial charge in [-0.2, -0.15) is 3.89 Å². The van der Waals surface area contributed by atoms with Crippen LogP contribution in [0.2, 0.25) is 0 Å². The fourth-order valence-electron chi connectivity index (χ4n) is 10.5. The number of carbonyl (C=O) groups excluding carboxylic acids is 3. The summed E-state index contributed by atoms with van der Waals surface area (Å²) >= 11 is 0.250. The second-order valence-electron chi connectivity index (χ2n) is 16.5. The van der Waals surface area contributed by atoms with Gasteiger partial charge >= 0.3 is 17.9 Å². The predicted molar refractivity (Wildman–Crippen MR) is 210 cm³/mol. The molecule has 12 rings (SSSR count). The largest absolute Gasteiger partial charge is 0.481 e. The van der Waals surface area contributed by atoms with Crippen LogP contribution < -0.4 is 0 Å². The number of amides is 3. The van der Waals surface area contributed by atoms with Gasteiger partial charge in [-0.1, -0.05) is 72.8 Å². The molecule has 0 spiro atoms. The molecule has 3 saturated heterocycles. The molecular formula is C43H48FN3O9S. The molecule has 14 heteroatoms. The van der Waals surface area contributed by atoms with Crippen LogP contribution in [0.5, 0.6) is 0 Å². The Balaban J connectivity index is 0.000000140. The van der Waals surface area contributed by atoms with E-state index >= 15 is 0 Å². The van der Waals surface area contributed by atoms with Crippen LogP contribution in [0.1, 0.15) is 109 Å². The van der Waals surface area contributed by atoms with Gasteiger partial charge in [0.25, 0.3) is 0 Å². The lowest BCUT2D eigenvalue weighted by atomic mass is 9.61. The van der Waals surface area contributed by atoms with Gasteiger partial charge in [-0.05, 0) is 73.4 Å². The molecule has 57 heavy (non-hydrogen) atoms. The maximum Gasteiger partial charge on any atom is 0.311 e. The zero-order valence-electron chi connectivity index (χ0n) is 32.9. The molecule has 3 fully saturated rings. The Kier molecular flexibility index (Phi) is 10.8. The molecule has 302 valence electrons. The molecule has 3 aromatic rings. The number of piperidine rings is 3. The van der Waals surface area contributed by atoms with Crippen LogP contribution >= 0.6 is 12.1 Å². The Hall–Kier alpha value is -5.24. The molecule has 9 unspecified atom stereocenters. The standard InChI is InChI=1S/3C14H15NO3.CH3FS/c3*1-14(13(17)18)7-10-8-5-3-4-6-9(8)11(14)15(2)12(10)16;1-3-2/h3*3-6,10-11H,7H2,1-2H3,(H,17,18);1H3. The second-order valence-corrected chi connectivity index (χ2v) is 16.8. The molecule has 6 aliphatic heterocycles. The lowest BCUT2D eigenvalue weighted by molar-refractivity contribution is -0.165. The van der Waals surface area contributed by atoms with E-state index in [-0.39, 0.29) is 65.7 Å². The van der Waals surface area contributed by atoms with Crippen molar-refractivity contribution in [1.82, 2.24) is 14.7 Å². The molecule has 6 heterocycles. The minimum Gasteiger partial charge on any atom is -0.481 e.